The monoisotopic (exact) mass is 401 g/mol. The molecule has 4 heteroatoms. The SMILES string of the molecule is OB(O)c1ccc(-c2ccc(-c3cccc(-c4ccccc4)c3)c3cnccc23)cc1. The fourth-order valence-electron chi connectivity index (χ4n) is 4.03. The number of nitrogens with zero attached hydrogens (tertiary/aromatic N) is 1. The molecule has 0 saturated heterocycles. The first-order valence-electron chi connectivity index (χ1n) is 10.2. The Morgan fingerprint density at radius 1 is 0.548 bits per heavy atom. The van der Waals surface area contributed by atoms with Gasteiger partial charge in [0.05, 0.1) is 0 Å². The largest absolute Gasteiger partial charge is 0.488 e. The summed E-state index contributed by atoms with van der Waals surface area (Å²) in [4.78, 5) is 4.39. The Hall–Kier alpha value is -3.73. The molecule has 0 bridgehead atoms. The highest BCUT2D eigenvalue weighted by molar-refractivity contribution is 6.58. The number of pyridine rings is 1. The van der Waals surface area contributed by atoms with E-state index in [0.29, 0.717) is 5.46 Å². The van der Waals surface area contributed by atoms with Gasteiger partial charge in [0, 0.05) is 17.8 Å². The minimum absolute atomic E-state index is 0.476. The van der Waals surface area contributed by atoms with Crippen molar-refractivity contribution in [3.05, 3.63) is 109 Å². The number of aromatic nitrogens is 1. The third kappa shape index (κ3) is 3.75. The van der Waals surface area contributed by atoms with Crippen LogP contribution in [0.4, 0.5) is 0 Å². The lowest BCUT2D eigenvalue weighted by Crippen LogP contribution is -2.29. The van der Waals surface area contributed by atoms with Crippen molar-refractivity contribution in [2.24, 2.45) is 0 Å². The summed E-state index contributed by atoms with van der Waals surface area (Å²) < 4.78 is 0. The molecule has 0 amide bonds. The second kappa shape index (κ2) is 8.19. The van der Waals surface area contributed by atoms with Gasteiger partial charge in [-0.15, -0.1) is 0 Å². The van der Waals surface area contributed by atoms with Gasteiger partial charge in [-0.25, -0.2) is 0 Å². The molecule has 0 fully saturated rings. The molecule has 5 rings (SSSR count). The summed E-state index contributed by atoms with van der Waals surface area (Å²) in [6.45, 7) is 0. The predicted octanol–water partition coefficient (Wildman–Crippen LogP) is 4.92. The van der Waals surface area contributed by atoms with Crippen LogP contribution in [0, 0.1) is 0 Å². The molecule has 0 atom stereocenters. The quantitative estimate of drug-likeness (QED) is 0.421. The van der Waals surface area contributed by atoms with Crippen molar-refractivity contribution in [1.29, 1.82) is 0 Å². The highest BCUT2D eigenvalue weighted by Crippen LogP contribution is 2.36. The number of rotatable bonds is 4. The van der Waals surface area contributed by atoms with Crippen LogP contribution in [0.2, 0.25) is 0 Å². The fourth-order valence-corrected chi connectivity index (χ4v) is 4.03. The zero-order chi connectivity index (χ0) is 21.2. The van der Waals surface area contributed by atoms with Crippen LogP contribution < -0.4 is 5.46 Å². The lowest BCUT2D eigenvalue weighted by atomic mass is 9.79. The maximum absolute atomic E-state index is 9.37. The highest BCUT2D eigenvalue weighted by atomic mass is 16.4. The van der Waals surface area contributed by atoms with Gasteiger partial charge in [-0.1, -0.05) is 84.9 Å². The number of benzene rings is 4. The Balaban J connectivity index is 1.63. The van der Waals surface area contributed by atoms with Crippen LogP contribution in [0.3, 0.4) is 0 Å². The van der Waals surface area contributed by atoms with Crippen LogP contribution in [0.1, 0.15) is 0 Å². The maximum Gasteiger partial charge on any atom is 0.488 e. The molecule has 4 aromatic carbocycles. The van der Waals surface area contributed by atoms with E-state index in [2.05, 4.69) is 65.6 Å². The summed E-state index contributed by atoms with van der Waals surface area (Å²) in [5.41, 5.74) is 7.22. The Morgan fingerprint density at radius 2 is 1.23 bits per heavy atom. The van der Waals surface area contributed by atoms with Crippen molar-refractivity contribution in [3.63, 3.8) is 0 Å². The summed E-state index contributed by atoms with van der Waals surface area (Å²) in [5.74, 6) is 0. The van der Waals surface area contributed by atoms with E-state index >= 15 is 0 Å². The summed E-state index contributed by atoms with van der Waals surface area (Å²) in [6, 6.07) is 32.5. The van der Waals surface area contributed by atoms with E-state index in [1.807, 2.05) is 36.7 Å². The normalized spacial score (nSPS) is 10.9. The fraction of sp³-hybridized carbons (Fsp3) is 0. The smallest absolute Gasteiger partial charge is 0.423 e. The lowest BCUT2D eigenvalue weighted by Gasteiger charge is -2.13. The molecule has 148 valence electrons. The molecular weight excluding hydrogens is 381 g/mol. The molecular formula is C27H20BNO2. The van der Waals surface area contributed by atoms with Crippen LogP contribution in [-0.2, 0) is 0 Å². The Labute approximate surface area is 181 Å². The van der Waals surface area contributed by atoms with Gasteiger partial charge in [-0.3, -0.25) is 4.98 Å². The van der Waals surface area contributed by atoms with Gasteiger partial charge >= 0.3 is 7.12 Å². The molecule has 0 aliphatic heterocycles. The molecule has 0 saturated carbocycles. The topological polar surface area (TPSA) is 53.4 Å². The molecule has 0 aliphatic rings. The van der Waals surface area contributed by atoms with E-state index in [1.165, 1.54) is 11.1 Å². The number of hydrogen-bond acceptors (Lipinski definition) is 3. The Kier molecular flexibility index (Phi) is 5.09. The molecule has 0 unspecified atom stereocenters. The van der Waals surface area contributed by atoms with Gasteiger partial charge in [0.25, 0.3) is 0 Å². The molecule has 3 nitrogen and oxygen atoms in total. The average Bonchev–Trinajstić information content (AvgIpc) is 2.84. The van der Waals surface area contributed by atoms with Crippen LogP contribution in [0.25, 0.3) is 44.2 Å². The Morgan fingerprint density at radius 3 is 1.97 bits per heavy atom. The first kappa shape index (κ1) is 19.3. The van der Waals surface area contributed by atoms with E-state index < -0.39 is 7.12 Å². The van der Waals surface area contributed by atoms with Crippen molar-refractivity contribution in [2.75, 3.05) is 0 Å². The molecule has 31 heavy (non-hydrogen) atoms. The molecule has 0 spiro atoms. The Bertz CT molecular complexity index is 1350. The van der Waals surface area contributed by atoms with Crippen molar-refractivity contribution in [2.45, 2.75) is 0 Å². The van der Waals surface area contributed by atoms with Crippen molar-refractivity contribution < 1.29 is 10.0 Å². The molecule has 2 N–H and O–H groups in total. The van der Waals surface area contributed by atoms with Gasteiger partial charge < -0.3 is 10.0 Å². The number of fused-ring (bicyclic) bond motifs is 1. The van der Waals surface area contributed by atoms with Crippen LogP contribution in [-0.4, -0.2) is 22.2 Å². The third-order valence-electron chi connectivity index (χ3n) is 5.62. The first-order valence-corrected chi connectivity index (χ1v) is 10.2. The maximum atomic E-state index is 9.37. The lowest BCUT2D eigenvalue weighted by molar-refractivity contribution is 0.426. The second-order valence-electron chi connectivity index (χ2n) is 7.52. The van der Waals surface area contributed by atoms with E-state index in [0.717, 1.165) is 33.0 Å². The van der Waals surface area contributed by atoms with Crippen molar-refractivity contribution in [3.8, 4) is 33.4 Å². The minimum Gasteiger partial charge on any atom is -0.423 e. The number of hydrogen-bond donors (Lipinski definition) is 2. The van der Waals surface area contributed by atoms with E-state index in [4.69, 9.17) is 0 Å². The molecule has 0 aliphatic carbocycles. The van der Waals surface area contributed by atoms with Crippen LogP contribution in [0.5, 0.6) is 0 Å². The highest BCUT2D eigenvalue weighted by Gasteiger charge is 2.13. The zero-order valence-electron chi connectivity index (χ0n) is 16.8. The van der Waals surface area contributed by atoms with Gasteiger partial charge in [0.2, 0.25) is 0 Å². The van der Waals surface area contributed by atoms with Gasteiger partial charge in [-0.2, -0.15) is 0 Å². The van der Waals surface area contributed by atoms with Crippen LogP contribution in [0.15, 0.2) is 109 Å². The van der Waals surface area contributed by atoms with Gasteiger partial charge in [0.1, 0.15) is 0 Å². The average molecular weight is 401 g/mol. The standard InChI is InChI=1S/C27H20BNO2/c30-28(31)23-11-9-20(10-12-23)24-13-14-25(27-18-29-16-15-26(24)27)22-8-4-7-21(17-22)19-5-2-1-3-6-19/h1-18,30-31H. The predicted molar refractivity (Wildman–Crippen MR) is 128 cm³/mol. The molecule has 1 aromatic heterocycles. The summed E-state index contributed by atoms with van der Waals surface area (Å²) in [6.07, 6.45) is 3.72. The summed E-state index contributed by atoms with van der Waals surface area (Å²) in [7, 11) is -1.46. The zero-order valence-corrected chi connectivity index (χ0v) is 16.8. The first-order chi connectivity index (χ1) is 15.2. The molecule has 0 radical (unpaired) electrons. The third-order valence-corrected chi connectivity index (χ3v) is 5.62. The summed E-state index contributed by atoms with van der Waals surface area (Å²) >= 11 is 0. The molecule has 5 aromatic rings. The van der Waals surface area contributed by atoms with Gasteiger partial charge in [0.15, 0.2) is 0 Å². The van der Waals surface area contributed by atoms with E-state index in [-0.39, 0.29) is 0 Å². The van der Waals surface area contributed by atoms with Gasteiger partial charge in [-0.05, 0) is 56.4 Å². The van der Waals surface area contributed by atoms with E-state index in [1.54, 1.807) is 12.1 Å². The van der Waals surface area contributed by atoms with Crippen molar-refractivity contribution in [1.82, 2.24) is 4.98 Å². The summed E-state index contributed by atoms with van der Waals surface area (Å²) in [5, 5.41) is 20.9. The minimum atomic E-state index is -1.46. The molecule has 1 heterocycles. The van der Waals surface area contributed by atoms with Crippen molar-refractivity contribution >= 4 is 23.4 Å². The van der Waals surface area contributed by atoms with E-state index in [9.17, 15) is 10.0 Å². The van der Waals surface area contributed by atoms with Crippen LogP contribution >= 0.6 is 0 Å². The second-order valence-corrected chi connectivity index (χ2v) is 7.52.